The largest absolute Gasteiger partial charge is 0.497 e. The molecule has 27 heavy (non-hydrogen) atoms. The molecule has 0 spiro atoms. The molecule has 1 aromatic heterocycles. The highest BCUT2D eigenvalue weighted by molar-refractivity contribution is 7.99. The van der Waals surface area contributed by atoms with E-state index in [0.29, 0.717) is 11.0 Å². The Hall–Kier alpha value is -3.00. The van der Waals surface area contributed by atoms with Gasteiger partial charge < -0.3 is 15.9 Å². The summed E-state index contributed by atoms with van der Waals surface area (Å²) in [4.78, 5) is 12.6. The van der Waals surface area contributed by atoms with Gasteiger partial charge in [0, 0.05) is 0 Å². The molecule has 1 amide bonds. The molecule has 3 aromatic rings. The molecule has 0 aliphatic carbocycles. The van der Waals surface area contributed by atoms with Crippen LogP contribution in [0.25, 0.3) is 0 Å². The fourth-order valence-corrected chi connectivity index (χ4v) is 3.30. The van der Waals surface area contributed by atoms with Crippen molar-refractivity contribution in [3.05, 3.63) is 71.5 Å². The Labute approximate surface area is 161 Å². The Balaban J connectivity index is 1.74. The summed E-state index contributed by atoms with van der Waals surface area (Å²) in [7, 11) is 1.63. The summed E-state index contributed by atoms with van der Waals surface area (Å²) < 4.78 is 6.59. The lowest BCUT2D eigenvalue weighted by molar-refractivity contribution is -0.119. The number of hydrogen-bond acceptors (Lipinski definition) is 6. The molecule has 1 atom stereocenters. The van der Waals surface area contributed by atoms with Crippen molar-refractivity contribution in [1.82, 2.24) is 20.2 Å². The number of ether oxygens (including phenoxy) is 1. The summed E-state index contributed by atoms with van der Waals surface area (Å²) in [5, 5.41) is 11.4. The molecule has 0 aliphatic heterocycles. The standard InChI is InChI=1S/C19H21N5O2S/c1-13-22-23-19(24(13)20)27-12-17(25)21-18(14-6-4-3-5-7-14)15-8-10-16(26-2)11-9-15/h3-11,18H,12,20H2,1-2H3,(H,21,25)/t18-/m0/s1. The highest BCUT2D eigenvalue weighted by Gasteiger charge is 2.18. The van der Waals surface area contributed by atoms with Gasteiger partial charge in [-0.25, -0.2) is 4.68 Å². The number of benzene rings is 2. The summed E-state index contributed by atoms with van der Waals surface area (Å²) in [5.74, 6) is 7.26. The van der Waals surface area contributed by atoms with Gasteiger partial charge in [-0.2, -0.15) is 0 Å². The maximum absolute atomic E-state index is 12.6. The first-order valence-electron chi connectivity index (χ1n) is 8.36. The average molecular weight is 383 g/mol. The summed E-state index contributed by atoms with van der Waals surface area (Å²) in [6.45, 7) is 1.76. The predicted octanol–water partition coefficient (Wildman–Crippen LogP) is 2.31. The van der Waals surface area contributed by atoms with Gasteiger partial charge in [0.2, 0.25) is 11.1 Å². The number of rotatable bonds is 7. The van der Waals surface area contributed by atoms with E-state index in [1.54, 1.807) is 14.0 Å². The van der Waals surface area contributed by atoms with E-state index in [1.165, 1.54) is 16.4 Å². The minimum absolute atomic E-state index is 0.120. The monoisotopic (exact) mass is 383 g/mol. The van der Waals surface area contributed by atoms with Crippen LogP contribution in [-0.4, -0.2) is 33.6 Å². The van der Waals surface area contributed by atoms with E-state index in [0.717, 1.165) is 16.9 Å². The number of nitrogens with two attached hydrogens (primary N) is 1. The van der Waals surface area contributed by atoms with Crippen LogP contribution in [0, 0.1) is 6.92 Å². The lowest BCUT2D eigenvalue weighted by atomic mass is 9.98. The number of aryl methyl sites for hydroxylation is 1. The second-order valence-corrected chi connectivity index (χ2v) is 6.82. The van der Waals surface area contributed by atoms with Gasteiger partial charge in [0.1, 0.15) is 11.6 Å². The van der Waals surface area contributed by atoms with Gasteiger partial charge in [-0.1, -0.05) is 54.2 Å². The Bertz CT molecular complexity index is 896. The van der Waals surface area contributed by atoms with Crippen molar-refractivity contribution >= 4 is 17.7 Å². The Kier molecular flexibility index (Phi) is 5.97. The third-order valence-corrected chi connectivity index (χ3v) is 5.00. The van der Waals surface area contributed by atoms with E-state index in [9.17, 15) is 4.79 Å². The summed E-state index contributed by atoms with van der Waals surface area (Å²) in [5.41, 5.74) is 1.97. The van der Waals surface area contributed by atoms with Gasteiger partial charge in [0.25, 0.3) is 0 Å². The number of nitrogens with one attached hydrogen (secondary N) is 1. The SMILES string of the molecule is COc1ccc([C@@H](NC(=O)CSc2nnc(C)n2N)c2ccccc2)cc1. The number of aromatic nitrogens is 3. The maximum atomic E-state index is 12.6. The fraction of sp³-hybridized carbons (Fsp3) is 0.211. The number of carbonyl (C=O) groups is 1. The van der Waals surface area contributed by atoms with Crippen LogP contribution in [0.2, 0.25) is 0 Å². The van der Waals surface area contributed by atoms with Crippen molar-refractivity contribution in [1.29, 1.82) is 0 Å². The van der Waals surface area contributed by atoms with Crippen molar-refractivity contribution in [2.45, 2.75) is 18.1 Å². The van der Waals surface area contributed by atoms with Crippen LogP contribution in [-0.2, 0) is 4.79 Å². The van der Waals surface area contributed by atoms with Crippen LogP contribution in [0.5, 0.6) is 5.75 Å². The first kappa shape index (κ1) is 18.8. The Morgan fingerprint density at radius 2 is 1.81 bits per heavy atom. The van der Waals surface area contributed by atoms with E-state index in [2.05, 4.69) is 15.5 Å². The molecule has 0 fully saturated rings. The van der Waals surface area contributed by atoms with E-state index in [-0.39, 0.29) is 17.7 Å². The number of thioether (sulfide) groups is 1. The van der Waals surface area contributed by atoms with Crippen LogP contribution in [0.15, 0.2) is 59.8 Å². The Morgan fingerprint density at radius 3 is 2.41 bits per heavy atom. The first-order valence-corrected chi connectivity index (χ1v) is 9.35. The molecular formula is C19H21N5O2S. The lowest BCUT2D eigenvalue weighted by Gasteiger charge is -2.20. The zero-order valence-corrected chi connectivity index (χ0v) is 15.9. The Morgan fingerprint density at radius 1 is 1.15 bits per heavy atom. The van der Waals surface area contributed by atoms with Gasteiger partial charge >= 0.3 is 0 Å². The molecule has 0 aliphatic rings. The first-order chi connectivity index (χ1) is 13.1. The molecule has 8 heteroatoms. The highest BCUT2D eigenvalue weighted by atomic mass is 32.2. The number of nitrogen functional groups attached to an aromatic ring is 1. The van der Waals surface area contributed by atoms with Crippen LogP contribution in [0.4, 0.5) is 0 Å². The molecule has 0 saturated heterocycles. The molecular weight excluding hydrogens is 362 g/mol. The summed E-state index contributed by atoms with van der Waals surface area (Å²) in [6, 6.07) is 17.2. The van der Waals surface area contributed by atoms with Gasteiger partial charge in [-0.15, -0.1) is 10.2 Å². The van der Waals surface area contributed by atoms with Crippen molar-refractivity contribution in [2.24, 2.45) is 0 Å². The zero-order valence-electron chi connectivity index (χ0n) is 15.1. The van der Waals surface area contributed by atoms with Gasteiger partial charge in [0.15, 0.2) is 0 Å². The minimum atomic E-state index is -0.261. The number of methoxy groups -OCH3 is 1. The molecule has 3 N–H and O–H groups in total. The highest BCUT2D eigenvalue weighted by Crippen LogP contribution is 2.24. The molecule has 3 rings (SSSR count). The van der Waals surface area contributed by atoms with Gasteiger partial charge in [0.05, 0.1) is 18.9 Å². The normalized spacial score (nSPS) is 11.8. The second-order valence-electron chi connectivity index (χ2n) is 5.87. The number of hydrogen-bond donors (Lipinski definition) is 2. The molecule has 0 unspecified atom stereocenters. The van der Waals surface area contributed by atoms with Crippen LogP contribution >= 0.6 is 11.8 Å². The molecule has 7 nitrogen and oxygen atoms in total. The molecule has 2 aromatic carbocycles. The summed E-state index contributed by atoms with van der Waals surface area (Å²) >= 11 is 1.25. The zero-order chi connectivity index (χ0) is 19.2. The maximum Gasteiger partial charge on any atom is 0.231 e. The molecule has 140 valence electrons. The predicted molar refractivity (Wildman–Crippen MR) is 105 cm³/mol. The van der Waals surface area contributed by atoms with Crippen LogP contribution in [0.3, 0.4) is 0 Å². The van der Waals surface area contributed by atoms with E-state index < -0.39 is 0 Å². The molecule has 1 heterocycles. The molecule has 0 saturated carbocycles. The van der Waals surface area contributed by atoms with Crippen molar-refractivity contribution in [3.63, 3.8) is 0 Å². The topological polar surface area (TPSA) is 95.1 Å². The van der Waals surface area contributed by atoms with Gasteiger partial charge in [-0.3, -0.25) is 4.79 Å². The van der Waals surface area contributed by atoms with Crippen LogP contribution in [0.1, 0.15) is 23.0 Å². The molecule has 0 radical (unpaired) electrons. The van der Waals surface area contributed by atoms with Crippen molar-refractivity contribution in [2.75, 3.05) is 18.7 Å². The number of carbonyl (C=O) groups excluding carboxylic acids is 1. The number of amides is 1. The van der Waals surface area contributed by atoms with Crippen molar-refractivity contribution < 1.29 is 9.53 Å². The average Bonchev–Trinajstić information content (AvgIpc) is 3.03. The van der Waals surface area contributed by atoms with Crippen molar-refractivity contribution in [3.8, 4) is 5.75 Å². The molecule has 0 bridgehead atoms. The van der Waals surface area contributed by atoms with E-state index in [4.69, 9.17) is 10.6 Å². The van der Waals surface area contributed by atoms with E-state index in [1.807, 2.05) is 54.6 Å². The fourth-order valence-electron chi connectivity index (χ4n) is 2.58. The quantitative estimate of drug-likeness (QED) is 0.480. The third kappa shape index (κ3) is 4.59. The third-order valence-electron chi connectivity index (χ3n) is 4.05. The second kappa shape index (κ2) is 8.59. The van der Waals surface area contributed by atoms with Crippen LogP contribution < -0.4 is 15.9 Å². The van der Waals surface area contributed by atoms with Gasteiger partial charge in [-0.05, 0) is 30.2 Å². The van der Waals surface area contributed by atoms with E-state index >= 15 is 0 Å². The lowest BCUT2D eigenvalue weighted by Crippen LogP contribution is -2.30. The minimum Gasteiger partial charge on any atom is -0.497 e. The number of nitrogens with zero attached hydrogens (tertiary/aromatic N) is 3. The summed E-state index contributed by atoms with van der Waals surface area (Å²) in [6.07, 6.45) is 0. The smallest absolute Gasteiger partial charge is 0.231 e.